The number of hydrazone groups is 1. The van der Waals surface area contributed by atoms with Crippen molar-refractivity contribution >= 4 is 38.8 Å². The molecule has 4 nitrogen and oxygen atoms in total. The molecule has 0 spiro atoms. The number of amides is 1. The molecule has 0 bridgehead atoms. The van der Waals surface area contributed by atoms with Crippen LogP contribution < -0.4 is 10.2 Å². The number of hydrogen-bond donors (Lipinski definition) is 1. The molecule has 0 atom stereocenters. The molecule has 0 heterocycles. The first-order valence-corrected chi connectivity index (χ1v) is 10.7. The summed E-state index contributed by atoms with van der Waals surface area (Å²) in [6, 6.07) is 29.6. The minimum atomic E-state index is -0.151. The summed E-state index contributed by atoms with van der Waals surface area (Å²) in [7, 11) is 0. The third-order valence-electron chi connectivity index (χ3n) is 4.83. The lowest BCUT2D eigenvalue weighted by Gasteiger charge is -2.07. The molecule has 0 aliphatic carbocycles. The molecule has 1 N–H and O–H groups in total. The van der Waals surface area contributed by atoms with Gasteiger partial charge < -0.3 is 4.74 Å². The lowest BCUT2D eigenvalue weighted by molar-refractivity contribution is -0.120. The van der Waals surface area contributed by atoms with E-state index < -0.39 is 0 Å². The van der Waals surface area contributed by atoms with E-state index in [9.17, 15) is 4.79 Å². The van der Waals surface area contributed by atoms with Crippen molar-refractivity contribution in [2.75, 3.05) is 0 Å². The van der Waals surface area contributed by atoms with Crippen LogP contribution in [0.15, 0.2) is 101 Å². The van der Waals surface area contributed by atoms with Crippen LogP contribution in [-0.4, -0.2) is 12.1 Å². The first-order valence-electron chi connectivity index (χ1n) is 9.93. The second-order valence-corrected chi connectivity index (χ2v) is 8.01. The summed E-state index contributed by atoms with van der Waals surface area (Å²) in [4.78, 5) is 12.3. The minimum Gasteiger partial charge on any atom is -0.489 e. The van der Waals surface area contributed by atoms with Crippen LogP contribution in [0.1, 0.15) is 16.7 Å². The average molecular weight is 473 g/mol. The van der Waals surface area contributed by atoms with Crippen LogP contribution in [0.25, 0.3) is 10.8 Å². The molecule has 4 aromatic rings. The lowest BCUT2D eigenvalue weighted by Crippen LogP contribution is -2.19. The van der Waals surface area contributed by atoms with Gasteiger partial charge in [-0.15, -0.1) is 0 Å². The van der Waals surface area contributed by atoms with Gasteiger partial charge in [0.15, 0.2) is 0 Å². The molecular weight excluding hydrogens is 452 g/mol. The van der Waals surface area contributed by atoms with Crippen molar-refractivity contribution in [3.8, 4) is 5.75 Å². The van der Waals surface area contributed by atoms with Gasteiger partial charge in [-0.3, -0.25) is 4.79 Å². The summed E-state index contributed by atoms with van der Waals surface area (Å²) in [5.41, 5.74) is 5.57. The highest BCUT2D eigenvalue weighted by Gasteiger charge is 2.06. The molecule has 0 fully saturated rings. The quantitative estimate of drug-likeness (QED) is 0.270. The summed E-state index contributed by atoms with van der Waals surface area (Å²) < 4.78 is 6.85. The van der Waals surface area contributed by atoms with Gasteiger partial charge in [0.05, 0.1) is 12.6 Å². The number of hydrogen-bond acceptors (Lipinski definition) is 3. The summed E-state index contributed by atoms with van der Waals surface area (Å²) in [5, 5.41) is 6.29. The maximum absolute atomic E-state index is 12.3. The van der Waals surface area contributed by atoms with Crippen molar-refractivity contribution in [3.05, 3.63) is 112 Å². The van der Waals surface area contributed by atoms with Crippen molar-refractivity contribution in [1.82, 2.24) is 5.43 Å². The van der Waals surface area contributed by atoms with E-state index in [1.165, 1.54) is 0 Å². The first kappa shape index (κ1) is 20.8. The number of carbonyl (C=O) groups excluding carboxylic acids is 1. The predicted octanol–water partition coefficient (Wildman–Crippen LogP) is 5.87. The molecule has 0 aromatic heterocycles. The van der Waals surface area contributed by atoms with E-state index in [4.69, 9.17) is 4.74 Å². The molecule has 1 amide bonds. The number of fused-ring (bicyclic) bond motifs is 1. The topological polar surface area (TPSA) is 50.7 Å². The van der Waals surface area contributed by atoms with E-state index in [-0.39, 0.29) is 12.3 Å². The molecule has 4 aromatic carbocycles. The largest absolute Gasteiger partial charge is 0.489 e. The Morgan fingerprint density at radius 1 is 0.903 bits per heavy atom. The fourth-order valence-corrected chi connectivity index (χ4v) is 3.50. The Morgan fingerprint density at radius 2 is 1.65 bits per heavy atom. The van der Waals surface area contributed by atoms with Gasteiger partial charge in [-0.25, -0.2) is 5.43 Å². The first-order chi connectivity index (χ1) is 15.2. The van der Waals surface area contributed by atoms with Gasteiger partial charge >= 0.3 is 0 Å². The number of halogens is 1. The second kappa shape index (κ2) is 10.0. The molecule has 0 saturated heterocycles. The van der Waals surface area contributed by atoms with Crippen LogP contribution in [0.5, 0.6) is 5.75 Å². The van der Waals surface area contributed by atoms with E-state index >= 15 is 0 Å². The van der Waals surface area contributed by atoms with Crippen molar-refractivity contribution in [2.45, 2.75) is 13.0 Å². The number of nitrogens with zero attached hydrogens (tertiary/aromatic N) is 1. The van der Waals surface area contributed by atoms with Crippen LogP contribution >= 0.6 is 15.9 Å². The normalized spacial score (nSPS) is 11.0. The fourth-order valence-electron chi connectivity index (χ4n) is 3.24. The number of rotatable bonds is 7. The SMILES string of the molecule is O=C(Cc1cccc2ccccc12)N/N=C\c1ccc(OCc2ccc(Br)cc2)cc1. The van der Waals surface area contributed by atoms with Gasteiger partial charge in [-0.2, -0.15) is 5.10 Å². The van der Waals surface area contributed by atoms with Crippen molar-refractivity contribution in [2.24, 2.45) is 5.10 Å². The summed E-state index contributed by atoms with van der Waals surface area (Å²) >= 11 is 3.43. The van der Waals surface area contributed by atoms with E-state index in [0.29, 0.717) is 6.61 Å². The molecule has 4 rings (SSSR count). The number of benzene rings is 4. The molecule has 0 unspecified atom stereocenters. The van der Waals surface area contributed by atoms with Crippen LogP contribution in [0.2, 0.25) is 0 Å². The van der Waals surface area contributed by atoms with Crippen LogP contribution in [-0.2, 0) is 17.8 Å². The highest BCUT2D eigenvalue weighted by atomic mass is 79.9. The highest BCUT2D eigenvalue weighted by molar-refractivity contribution is 9.10. The smallest absolute Gasteiger partial charge is 0.244 e. The molecule has 0 aliphatic heterocycles. The van der Waals surface area contributed by atoms with E-state index in [0.717, 1.165) is 37.7 Å². The highest BCUT2D eigenvalue weighted by Crippen LogP contribution is 2.19. The Kier molecular flexibility index (Phi) is 6.75. The standard InChI is InChI=1S/C26H21BrN2O2/c27-23-12-8-20(9-13-23)18-31-24-14-10-19(11-15-24)17-28-29-26(30)16-22-6-3-5-21-4-1-2-7-25(21)22/h1-15,17H,16,18H2,(H,29,30)/b28-17-. The molecule has 5 heteroatoms. The van der Waals surface area contributed by atoms with Crippen molar-refractivity contribution in [1.29, 1.82) is 0 Å². The molecule has 154 valence electrons. The van der Waals surface area contributed by atoms with E-state index in [1.807, 2.05) is 91.0 Å². The molecule has 0 aliphatic rings. The Hall–Kier alpha value is -3.44. The Balaban J connectivity index is 1.29. The number of ether oxygens (including phenoxy) is 1. The third-order valence-corrected chi connectivity index (χ3v) is 5.36. The molecule has 0 radical (unpaired) electrons. The Morgan fingerprint density at radius 3 is 2.45 bits per heavy atom. The maximum Gasteiger partial charge on any atom is 0.244 e. The van der Waals surface area contributed by atoms with Gasteiger partial charge in [-0.1, -0.05) is 70.5 Å². The van der Waals surface area contributed by atoms with Crippen LogP contribution in [0, 0.1) is 0 Å². The fraction of sp³-hybridized carbons (Fsp3) is 0.0769. The monoisotopic (exact) mass is 472 g/mol. The Bertz CT molecular complexity index is 1200. The van der Waals surface area contributed by atoms with Crippen molar-refractivity contribution < 1.29 is 9.53 Å². The second-order valence-electron chi connectivity index (χ2n) is 7.09. The summed E-state index contributed by atoms with van der Waals surface area (Å²) in [6.45, 7) is 0.505. The van der Waals surface area contributed by atoms with Gasteiger partial charge in [0.25, 0.3) is 0 Å². The number of carbonyl (C=O) groups is 1. The zero-order valence-electron chi connectivity index (χ0n) is 16.8. The number of nitrogens with one attached hydrogen (secondary N) is 1. The molecular formula is C26H21BrN2O2. The lowest BCUT2D eigenvalue weighted by atomic mass is 10.0. The van der Waals surface area contributed by atoms with Crippen molar-refractivity contribution in [3.63, 3.8) is 0 Å². The molecule has 31 heavy (non-hydrogen) atoms. The molecule has 0 saturated carbocycles. The van der Waals surface area contributed by atoms with E-state index in [1.54, 1.807) is 6.21 Å². The maximum atomic E-state index is 12.3. The van der Waals surface area contributed by atoms with E-state index in [2.05, 4.69) is 26.5 Å². The summed E-state index contributed by atoms with van der Waals surface area (Å²) in [6.07, 6.45) is 1.90. The zero-order chi connectivity index (χ0) is 21.5. The Labute approximate surface area is 189 Å². The van der Waals surface area contributed by atoms with Gasteiger partial charge in [0.1, 0.15) is 12.4 Å². The summed E-state index contributed by atoms with van der Waals surface area (Å²) in [5.74, 6) is 0.627. The van der Waals surface area contributed by atoms with Crippen LogP contribution in [0.3, 0.4) is 0 Å². The van der Waals surface area contributed by atoms with Crippen LogP contribution in [0.4, 0.5) is 0 Å². The minimum absolute atomic E-state index is 0.151. The third kappa shape index (κ3) is 5.80. The van der Waals surface area contributed by atoms with Gasteiger partial charge in [-0.05, 0) is 63.9 Å². The zero-order valence-corrected chi connectivity index (χ0v) is 18.4. The van der Waals surface area contributed by atoms with Gasteiger partial charge in [0.2, 0.25) is 5.91 Å². The average Bonchev–Trinajstić information content (AvgIpc) is 2.80. The predicted molar refractivity (Wildman–Crippen MR) is 128 cm³/mol. The van der Waals surface area contributed by atoms with Gasteiger partial charge in [0, 0.05) is 4.47 Å².